The molecule has 2 aromatic rings. The Hall–Kier alpha value is -1.60. The molecule has 17 heavy (non-hydrogen) atoms. The molecule has 0 radical (unpaired) electrons. The molecule has 0 aliphatic carbocycles. The zero-order valence-electron chi connectivity index (χ0n) is 8.70. The SMILES string of the molecule is Cn1cnnc1Sc1cccc(Cl)c1[N+](=O)[O-]. The average Bonchev–Trinajstić information content (AvgIpc) is 2.64. The van der Waals surface area contributed by atoms with E-state index in [0.29, 0.717) is 10.1 Å². The number of benzene rings is 1. The summed E-state index contributed by atoms with van der Waals surface area (Å²) in [7, 11) is 1.76. The lowest BCUT2D eigenvalue weighted by Gasteiger charge is -2.03. The van der Waals surface area contributed by atoms with Crippen molar-refractivity contribution in [3.8, 4) is 0 Å². The Morgan fingerprint density at radius 1 is 1.53 bits per heavy atom. The summed E-state index contributed by atoms with van der Waals surface area (Å²) >= 11 is 6.96. The van der Waals surface area contributed by atoms with Gasteiger partial charge in [0, 0.05) is 7.05 Å². The van der Waals surface area contributed by atoms with Gasteiger partial charge in [0.15, 0.2) is 5.16 Å². The van der Waals surface area contributed by atoms with Gasteiger partial charge in [-0.2, -0.15) is 0 Å². The van der Waals surface area contributed by atoms with Gasteiger partial charge in [-0.3, -0.25) is 10.1 Å². The van der Waals surface area contributed by atoms with E-state index in [9.17, 15) is 10.1 Å². The molecular weight excluding hydrogens is 264 g/mol. The summed E-state index contributed by atoms with van der Waals surface area (Å²) in [5, 5.41) is 19.2. The van der Waals surface area contributed by atoms with Crippen molar-refractivity contribution in [2.24, 2.45) is 7.05 Å². The van der Waals surface area contributed by atoms with Crippen LogP contribution < -0.4 is 0 Å². The molecule has 0 aliphatic rings. The van der Waals surface area contributed by atoms with Gasteiger partial charge < -0.3 is 4.57 Å². The fraction of sp³-hybridized carbons (Fsp3) is 0.111. The van der Waals surface area contributed by atoms with Crippen LogP contribution in [0.2, 0.25) is 5.02 Å². The molecule has 0 fully saturated rings. The van der Waals surface area contributed by atoms with Gasteiger partial charge in [-0.25, -0.2) is 0 Å². The van der Waals surface area contributed by atoms with E-state index in [2.05, 4.69) is 10.2 Å². The van der Waals surface area contributed by atoms with Crippen molar-refractivity contribution in [3.63, 3.8) is 0 Å². The smallest absolute Gasteiger partial charge is 0.301 e. The molecule has 0 aliphatic heterocycles. The third kappa shape index (κ3) is 2.40. The Labute approximate surface area is 106 Å². The first kappa shape index (κ1) is 11.9. The van der Waals surface area contributed by atoms with E-state index in [0.717, 1.165) is 11.8 Å². The lowest BCUT2D eigenvalue weighted by Crippen LogP contribution is -1.94. The van der Waals surface area contributed by atoms with E-state index < -0.39 is 4.92 Å². The van der Waals surface area contributed by atoms with Crippen molar-refractivity contribution >= 4 is 29.1 Å². The number of nitro groups is 1. The number of rotatable bonds is 3. The van der Waals surface area contributed by atoms with Gasteiger partial charge in [0.25, 0.3) is 0 Å². The third-order valence-electron chi connectivity index (χ3n) is 2.00. The van der Waals surface area contributed by atoms with Crippen molar-refractivity contribution in [2.45, 2.75) is 10.1 Å². The molecule has 0 amide bonds. The van der Waals surface area contributed by atoms with E-state index in [1.54, 1.807) is 23.7 Å². The first-order valence-corrected chi connectivity index (χ1v) is 5.74. The number of hydrogen-bond donors (Lipinski definition) is 0. The standard InChI is InChI=1S/C9H7ClN4O2S/c1-13-5-11-12-9(13)17-7-4-2-3-6(10)8(7)14(15)16/h2-5H,1H3. The van der Waals surface area contributed by atoms with E-state index in [1.165, 1.54) is 12.4 Å². The number of halogens is 1. The molecule has 0 N–H and O–H groups in total. The van der Waals surface area contributed by atoms with Gasteiger partial charge in [-0.15, -0.1) is 10.2 Å². The average molecular weight is 271 g/mol. The fourth-order valence-electron chi connectivity index (χ4n) is 1.22. The Bertz CT molecular complexity index is 572. The number of nitro benzene ring substituents is 1. The molecule has 2 rings (SSSR count). The maximum absolute atomic E-state index is 10.9. The van der Waals surface area contributed by atoms with Crippen LogP contribution in [0.5, 0.6) is 0 Å². The summed E-state index contributed by atoms with van der Waals surface area (Å²) in [6, 6.07) is 4.78. The molecule has 0 saturated heterocycles. The summed E-state index contributed by atoms with van der Waals surface area (Å²) in [6.07, 6.45) is 1.53. The molecule has 0 spiro atoms. The van der Waals surface area contributed by atoms with Crippen LogP contribution in [-0.2, 0) is 7.05 Å². The summed E-state index contributed by atoms with van der Waals surface area (Å²) in [5.41, 5.74) is -0.109. The number of nitrogens with zero attached hydrogens (tertiary/aromatic N) is 4. The van der Waals surface area contributed by atoms with E-state index in [4.69, 9.17) is 11.6 Å². The maximum atomic E-state index is 10.9. The molecule has 88 valence electrons. The Kier molecular flexibility index (Phi) is 3.30. The van der Waals surface area contributed by atoms with Crippen molar-refractivity contribution in [1.29, 1.82) is 0 Å². The van der Waals surface area contributed by atoms with E-state index >= 15 is 0 Å². The number of aryl methyl sites for hydroxylation is 1. The van der Waals surface area contributed by atoms with Gasteiger partial charge in [-0.05, 0) is 23.9 Å². The molecule has 8 heteroatoms. The van der Waals surface area contributed by atoms with Crippen molar-refractivity contribution in [2.75, 3.05) is 0 Å². The summed E-state index contributed by atoms with van der Waals surface area (Å²) < 4.78 is 1.68. The van der Waals surface area contributed by atoms with Crippen LogP contribution in [-0.4, -0.2) is 19.7 Å². The van der Waals surface area contributed by atoms with Crippen LogP contribution >= 0.6 is 23.4 Å². The molecule has 1 aromatic heterocycles. The summed E-state index contributed by atoms with van der Waals surface area (Å²) in [4.78, 5) is 10.9. The Morgan fingerprint density at radius 2 is 2.29 bits per heavy atom. The highest BCUT2D eigenvalue weighted by Gasteiger charge is 2.20. The van der Waals surface area contributed by atoms with Gasteiger partial charge in [0.1, 0.15) is 11.3 Å². The van der Waals surface area contributed by atoms with Crippen molar-refractivity contribution in [1.82, 2.24) is 14.8 Å². The maximum Gasteiger partial charge on any atom is 0.301 e. The molecule has 0 saturated carbocycles. The predicted octanol–water partition coefficient (Wildman–Crippen LogP) is 2.53. The highest BCUT2D eigenvalue weighted by molar-refractivity contribution is 7.99. The summed E-state index contributed by atoms with van der Waals surface area (Å²) in [5.74, 6) is 0. The van der Waals surface area contributed by atoms with Gasteiger partial charge in [0.05, 0.1) is 9.82 Å². The molecule has 0 atom stereocenters. The zero-order chi connectivity index (χ0) is 12.4. The molecule has 1 heterocycles. The number of para-hydroxylation sites is 1. The van der Waals surface area contributed by atoms with Crippen LogP contribution in [0.3, 0.4) is 0 Å². The second kappa shape index (κ2) is 4.72. The topological polar surface area (TPSA) is 73.8 Å². The minimum atomic E-state index is -0.499. The van der Waals surface area contributed by atoms with Crippen LogP contribution in [0.25, 0.3) is 0 Å². The van der Waals surface area contributed by atoms with Gasteiger partial charge >= 0.3 is 5.69 Å². The third-order valence-corrected chi connectivity index (χ3v) is 3.41. The van der Waals surface area contributed by atoms with Crippen LogP contribution in [0.15, 0.2) is 34.6 Å². The largest absolute Gasteiger partial charge is 0.311 e. The Balaban J connectivity index is 2.43. The lowest BCUT2D eigenvalue weighted by atomic mass is 10.3. The minimum absolute atomic E-state index is 0.109. The quantitative estimate of drug-likeness (QED) is 0.633. The fourth-order valence-corrected chi connectivity index (χ4v) is 2.42. The van der Waals surface area contributed by atoms with Crippen LogP contribution in [0.1, 0.15) is 0 Å². The minimum Gasteiger partial charge on any atom is -0.311 e. The normalized spacial score (nSPS) is 10.5. The highest BCUT2D eigenvalue weighted by atomic mass is 35.5. The molecule has 0 bridgehead atoms. The van der Waals surface area contributed by atoms with Crippen LogP contribution in [0, 0.1) is 10.1 Å². The second-order valence-corrected chi connectivity index (χ2v) is 4.59. The number of aromatic nitrogens is 3. The molecule has 6 nitrogen and oxygen atoms in total. The van der Waals surface area contributed by atoms with Gasteiger partial charge in [0.2, 0.25) is 0 Å². The second-order valence-electron chi connectivity index (χ2n) is 3.17. The molecule has 0 unspecified atom stereocenters. The molecular formula is C9H7ClN4O2S. The first-order valence-electron chi connectivity index (χ1n) is 4.54. The van der Waals surface area contributed by atoms with E-state index in [-0.39, 0.29) is 10.7 Å². The monoisotopic (exact) mass is 270 g/mol. The first-order chi connectivity index (χ1) is 8.09. The van der Waals surface area contributed by atoms with E-state index in [1.807, 2.05) is 0 Å². The zero-order valence-corrected chi connectivity index (χ0v) is 10.3. The van der Waals surface area contributed by atoms with Crippen molar-refractivity contribution in [3.05, 3.63) is 39.7 Å². The number of hydrogen-bond acceptors (Lipinski definition) is 5. The van der Waals surface area contributed by atoms with Crippen molar-refractivity contribution < 1.29 is 4.92 Å². The lowest BCUT2D eigenvalue weighted by molar-refractivity contribution is -0.387. The highest BCUT2D eigenvalue weighted by Crippen LogP contribution is 2.37. The van der Waals surface area contributed by atoms with Gasteiger partial charge in [-0.1, -0.05) is 17.7 Å². The summed E-state index contributed by atoms with van der Waals surface area (Å²) in [6.45, 7) is 0. The molecule has 1 aromatic carbocycles. The Morgan fingerprint density at radius 3 is 2.88 bits per heavy atom. The van der Waals surface area contributed by atoms with Crippen LogP contribution in [0.4, 0.5) is 5.69 Å². The predicted molar refractivity (Wildman–Crippen MR) is 63.2 cm³/mol.